The van der Waals surface area contributed by atoms with Crippen LogP contribution >= 0.6 is 0 Å². The third kappa shape index (κ3) is 2.62. The van der Waals surface area contributed by atoms with E-state index in [1.807, 2.05) is 12.1 Å². The van der Waals surface area contributed by atoms with Crippen LogP contribution in [0.2, 0.25) is 0 Å². The zero-order chi connectivity index (χ0) is 12.5. The van der Waals surface area contributed by atoms with Gasteiger partial charge in [-0.25, -0.2) is 0 Å². The lowest BCUT2D eigenvalue weighted by Gasteiger charge is -2.37. The van der Waals surface area contributed by atoms with Crippen molar-refractivity contribution in [3.05, 3.63) is 12.1 Å². The maximum absolute atomic E-state index is 5.77. The molecule has 1 saturated heterocycles. The number of methoxy groups -OCH3 is 1. The Morgan fingerprint density at radius 2 is 1.94 bits per heavy atom. The first-order valence-corrected chi connectivity index (χ1v) is 6.07. The number of aromatic nitrogens is 1. The standard InChI is InChI=1S/C13H21N3O/c1-13(2)6-8-16(9-7-13)11-5-4-10(14)12(15-11)17-3/h4-5H,6-9,14H2,1-3H3. The van der Waals surface area contributed by atoms with Gasteiger partial charge >= 0.3 is 0 Å². The van der Waals surface area contributed by atoms with Gasteiger partial charge in [0.15, 0.2) is 0 Å². The first kappa shape index (κ1) is 12.0. The van der Waals surface area contributed by atoms with E-state index in [0.717, 1.165) is 18.9 Å². The number of hydrogen-bond donors (Lipinski definition) is 1. The van der Waals surface area contributed by atoms with Crippen LogP contribution in [0.1, 0.15) is 26.7 Å². The normalized spacial score (nSPS) is 19.1. The van der Waals surface area contributed by atoms with Crippen molar-refractivity contribution in [2.75, 3.05) is 30.8 Å². The summed E-state index contributed by atoms with van der Waals surface area (Å²) in [6.45, 7) is 6.74. The Hall–Kier alpha value is -1.45. The number of piperidine rings is 1. The highest BCUT2D eigenvalue weighted by atomic mass is 16.5. The summed E-state index contributed by atoms with van der Waals surface area (Å²) >= 11 is 0. The van der Waals surface area contributed by atoms with Crippen molar-refractivity contribution in [2.45, 2.75) is 26.7 Å². The van der Waals surface area contributed by atoms with Crippen LogP contribution in [0.25, 0.3) is 0 Å². The lowest BCUT2D eigenvalue weighted by Crippen LogP contribution is -2.37. The minimum atomic E-state index is 0.453. The summed E-state index contributed by atoms with van der Waals surface area (Å²) in [7, 11) is 1.60. The van der Waals surface area contributed by atoms with Gasteiger partial charge in [0, 0.05) is 13.1 Å². The molecule has 0 spiro atoms. The monoisotopic (exact) mass is 235 g/mol. The second-order valence-corrected chi connectivity index (χ2v) is 5.42. The average Bonchev–Trinajstić information content (AvgIpc) is 2.30. The molecule has 2 rings (SSSR count). The predicted octanol–water partition coefficient (Wildman–Crippen LogP) is 2.30. The Morgan fingerprint density at radius 3 is 2.53 bits per heavy atom. The summed E-state index contributed by atoms with van der Waals surface area (Å²) in [4.78, 5) is 6.74. The minimum Gasteiger partial charge on any atom is -0.479 e. The van der Waals surface area contributed by atoms with Crippen LogP contribution in [0.4, 0.5) is 11.5 Å². The molecule has 0 saturated carbocycles. The van der Waals surface area contributed by atoms with E-state index in [-0.39, 0.29) is 0 Å². The zero-order valence-corrected chi connectivity index (χ0v) is 10.9. The van der Waals surface area contributed by atoms with Gasteiger partial charge in [-0.2, -0.15) is 4.98 Å². The Morgan fingerprint density at radius 1 is 1.29 bits per heavy atom. The molecule has 2 N–H and O–H groups in total. The maximum Gasteiger partial charge on any atom is 0.238 e. The van der Waals surface area contributed by atoms with E-state index in [0.29, 0.717) is 17.0 Å². The molecule has 0 bridgehead atoms. The molecule has 1 aliphatic heterocycles. The van der Waals surface area contributed by atoms with Crippen LogP contribution in [0, 0.1) is 5.41 Å². The fraction of sp³-hybridized carbons (Fsp3) is 0.615. The molecule has 0 unspecified atom stereocenters. The van der Waals surface area contributed by atoms with Crippen molar-refractivity contribution in [2.24, 2.45) is 5.41 Å². The van der Waals surface area contributed by atoms with Gasteiger partial charge in [0.2, 0.25) is 5.88 Å². The average molecular weight is 235 g/mol. The fourth-order valence-corrected chi connectivity index (χ4v) is 2.12. The second-order valence-electron chi connectivity index (χ2n) is 5.42. The zero-order valence-electron chi connectivity index (χ0n) is 10.9. The van der Waals surface area contributed by atoms with Gasteiger partial charge in [0.05, 0.1) is 12.8 Å². The highest BCUT2D eigenvalue weighted by molar-refractivity contribution is 5.54. The Balaban J connectivity index is 2.13. The number of pyridine rings is 1. The summed E-state index contributed by atoms with van der Waals surface area (Å²) < 4.78 is 5.15. The molecular weight excluding hydrogens is 214 g/mol. The van der Waals surface area contributed by atoms with Crippen molar-refractivity contribution < 1.29 is 4.74 Å². The van der Waals surface area contributed by atoms with E-state index < -0.39 is 0 Å². The summed E-state index contributed by atoms with van der Waals surface area (Å²) in [6, 6.07) is 3.83. The molecule has 0 amide bonds. The van der Waals surface area contributed by atoms with E-state index in [1.165, 1.54) is 12.8 Å². The lowest BCUT2D eigenvalue weighted by atomic mass is 9.83. The second kappa shape index (κ2) is 4.43. The van der Waals surface area contributed by atoms with Crippen LogP contribution in [0.5, 0.6) is 5.88 Å². The van der Waals surface area contributed by atoms with E-state index in [4.69, 9.17) is 10.5 Å². The molecule has 94 valence electrons. The van der Waals surface area contributed by atoms with E-state index in [2.05, 4.69) is 23.7 Å². The highest BCUT2D eigenvalue weighted by Gasteiger charge is 2.26. The first-order chi connectivity index (χ1) is 8.02. The van der Waals surface area contributed by atoms with Crippen molar-refractivity contribution in [3.63, 3.8) is 0 Å². The van der Waals surface area contributed by atoms with Crippen LogP contribution < -0.4 is 15.4 Å². The third-order valence-electron chi connectivity index (χ3n) is 3.51. The number of rotatable bonds is 2. The third-order valence-corrected chi connectivity index (χ3v) is 3.51. The smallest absolute Gasteiger partial charge is 0.238 e. The van der Waals surface area contributed by atoms with Crippen LogP contribution in [0.15, 0.2) is 12.1 Å². The number of anilines is 2. The SMILES string of the molecule is COc1nc(N2CCC(C)(C)CC2)ccc1N. The number of nitrogen functional groups attached to an aromatic ring is 1. The summed E-state index contributed by atoms with van der Waals surface area (Å²) in [5.74, 6) is 1.49. The van der Waals surface area contributed by atoms with E-state index in [1.54, 1.807) is 7.11 Å². The Kier molecular flexibility index (Phi) is 3.13. The van der Waals surface area contributed by atoms with Crippen LogP contribution in [-0.2, 0) is 0 Å². The fourth-order valence-electron chi connectivity index (χ4n) is 2.12. The molecule has 0 aliphatic carbocycles. The summed E-state index contributed by atoms with van der Waals surface area (Å²) in [5.41, 5.74) is 6.81. The molecular formula is C13H21N3O. The van der Waals surface area contributed by atoms with Gasteiger partial charge in [-0.05, 0) is 30.4 Å². The molecule has 1 aliphatic rings. The van der Waals surface area contributed by atoms with Crippen molar-refractivity contribution in [3.8, 4) is 5.88 Å². The van der Waals surface area contributed by atoms with Crippen LogP contribution in [0.3, 0.4) is 0 Å². The van der Waals surface area contributed by atoms with Gasteiger partial charge in [-0.3, -0.25) is 0 Å². The predicted molar refractivity (Wildman–Crippen MR) is 70.4 cm³/mol. The van der Waals surface area contributed by atoms with E-state index in [9.17, 15) is 0 Å². The van der Waals surface area contributed by atoms with Crippen LogP contribution in [-0.4, -0.2) is 25.2 Å². The number of hydrogen-bond acceptors (Lipinski definition) is 4. The largest absolute Gasteiger partial charge is 0.479 e. The molecule has 17 heavy (non-hydrogen) atoms. The number of nitrogens with zero attached hydrogens (tertiary/aromatic N) is 2. The topological polar surface area (TPSA) is 51.4 Å². The summed E-state index contributed by atoms with van der Waals surface area (Å²) in [6.07, 6.45) is 2.39. The number of ether oxygens (including phenoxy) is 1. The molecule has 1 fully saturated rings. The molecule has 4 nitrogen and oxygen atoms in total. The van der Waals surface area contributed by atoms with Crippen molar-refractivity contribution >= 4 is 11.5 Å². The van der Waals surface area contributed by atoms with Crippen molar-refractivity contribution in [1.82, 2.24) is 4.98 Å². The molecule has 2 heterocycles. The van der Waals surface area contributed by atoms with Gasteiger partial charge in [-0.1, -0.05) is 13.8 Å². The maximum atomic E-state index is 5.77. The molecule has 0 atom stereocenters. The highest BCUT2D eigenvalue weighted by Crippen LogP contribution is 2.32. The lowest BCUT2D eigenvalue weighted by molar-refractivity contribution is 0.279. The van der Waals surface area contributed by atoms with Gasteiger partial charge < -0.3 is 15.4 Å². The van der Waals surface area contributed by atoms with Gasteiger partial charge in [0.1, 0.15) is 5.82 Å². The first-order valence-electron chi connectivity index (χ1n) is 6.07. The molecule has 1 aromatic heterocycles. The quantitative estimate of drug-likeness (QED) is 0.854. The summed E-state index contributed by atoms with van der Waals surface area (Å²) in [5, 5.41) is 0. The minimum absolute atomic E-state index is 0.453. The molecule has 0 aromatic carbocycles. The molecule has 0 radical (unpaired) electrons. The Bertz CT molecular complexity index is 394. The Labute approximate surface area is 103 Å². The van der Waals surface area contributed by atoms with Gasteiger partial charge in [0.25, 0.3) is 0 Å². The molecule has 1 aromatic rings. The van der Waals surface area contributed by atoms with Crippen molar-refractivity contribution in [1.29, 1.82) is 0 Å². The van der Waals surface area contributed by atoms with E-state index >= 15 is 0 Å². The van der Waals surface area contributed by atoms with Gasteiger partial charge in [-0.15, -0.1) is 0 Å². The number of nitrogens with two attached hydrogens (primary N) is 1. The molecule has 4 heteroatoms.